The second-order valence-corrected chi connectivity index (χ2v) is 8.22. The van der Waals surface area contributed by atoms with Crippen LogP contribution in [-0.4, -0.2) is 34.0 Å². The number of anilines is 2. The molecule has 0 unspecified atom stereocenters. The number of carbonyl (C=O) groups excluding carboxylic acids is 3. The van der Waals surface area contributed by atoms with Gasteiger partial charge in [-0.2, -0.15) is 0 Å². The highest BCUT2D eigenvalue weighted by Crippen LogP contribution is 2.40. The number of carbonyl (C=O) groups is 4. The highest BCUT2D eigenvalue weighted by atomic mass is 35.5. The fraction of sp³-hybridized carbons (Fsp3) is 0.100. The molecule has 1 aliphatic rings. The minimum atomic E-state index is -1.22. The lowest BCUT2D eigenvalue weighted by atomic mass is 10.3. The van der Waals surface area contributed by atoms with E-state index in [1.165, 1.54) is 11.8 Å². The first kappa shape index (κ1) is 21.9. The summed E-state index contributed by atoms with van der Waals surface area (Å²) in [5.41, 5.74) is 0.643. The van der Waals surface area contributed by atoms with Crippen molar-refractivity contribution < 1.29 is 24.3 Å². The van der Waals surface area contributed by atoms with Crippen LogP contribution in [-0.2, 0) is 19.2 Å². The van der Waals surface area contributed by atoms with E-state index in [-0.39, 0.29) is 28.1 Å². The highest BCUT2D eigenvalue weighted by Gasteiger charge is 2.41. The van der Waals surface area contributed by atoms with Crippen molar-refractivity contribution in [1.82, 2.24) is 0 Å². The smallest absolute Gasteiger partial charge is 0.328 e. The van der Waals surface area contributed by atoms with Crippen LogP contribution in [0.4, 0.5) is 11.4 Å². The van der Waals surface area contributed by atoms with Gasteiger partial charge >= 0.3 is 5.97 Å². The summed E-state index contributed by atoms with van der Waals surface area (Å²) in [6.45, 7) is 0. The van der Waals surface area contributed by atoms with Crippen LogP contribution in [0.2, 0.25) is 10.0 Å². The Balaban J connectivity index is 1.68. The Labute approximate surface area is 185 Å². The number of nitrogens with one attached hydrogen (secondary N) is 1. The SMILES string of the molecule is O=C(O)/C=C/C(=O)Nc1ccc(S[C@@H]2CC(=O)N(c3c(Cl)cccc3Cl)C2=O)cc1. The lowest BCUT2D eigenvalue weighted by Crippen LogP contribution is -2.31. The molecule has 1 atom stereocenters. The molecule has 3 amide bonds. The number of amides is 3. The molecule has 1 fully saturated rings. The molecule has 154 valence electrons. The summed E-state index contributed by atoms with van der Waals surface area (Å²) in [6, 6.07) is 11.3. The van der Waals surface area contributed by atoms with Gasteiger partial charge in [-0.1, -0.05) is 29.3 Å². The molecule has 0 aliphatic carbocycles. The molecule has 3 rings (SSSR count). The fourth-order valence-corrected chi connectivity index (χ4v) is 4.37. The Morgan fingerprint density at radius 3 is 2.30 bits per heavy atom. The van der Waals surface area contributed by atoms with Crippen molar-refractivity contribution in [1.29, 1.82) is 0 Å². The molecule has 0 saturated carbocycles. The lowest BCUT2D eigenvalue weighted by molar-refractivity contribution is -0.131. The minimum Gasteiger partial charge on any atom is -0.478 e. The topological polar surface area (TPSA) is 104 Å². The maximum Gasteiger partial charge on any atom is 0.328 e. The van der Waals surface area contributed by atoms with E-state index in [4.69, 9.17) is 28.3 Å². The molecule has 0 radical (unpaired) electrons. The average molecular weight is 465 g/mol. The first-order valence-electron chi connectivity index (χ1n) is 8.56. The molecule has 1 aliphatic heterocycles. The number of hydrogen-bond acceptors (Lipinski definition) is 5. The summed E-state index contributed by atoms with van der Waals surface area (Å²) >= 11 is 13.5. The first-order chi connectivity index (χ1) is 14.3. The number of para-hydroxylation sites is 1. The third-order valence-electron chi connectivity index (χ3n) is 4.04. The number of thioether (sulfide) groups is 1. The van der Waals surface area contributed by atoms with E-state index in [1.54, 1.807) is 42.5 Å². The van der Waals surface area contributed by atoms with Crippen molar-refractivity contribution in [3.8, 4) is 0 Å². The van der Waals surface area contributed by atoms with Crippen LogP contribution in [0, 0.1) is 0 Å². The van der Waals surface area contributed by atoms with Crippen molar-refractivity contribution in [3.05, 3.63) is 64.7 Å². The maximum atomic E-state index is 12.8. The van der Waals surface area contributed by atoms with E-state index in [0.29, 0.717) is 10.6 Å². The molecule has 30 heavy (non-hydrogen) atoms. The molecule has 1 saturated heterocycles. The van der Waals surface area contributed by atoms with E-state index < -0.39 is 23.0 Å². The summed E-state index contributed by atoms with van der Waals surface area (Å²) in [6.07, 6.45) is 1.64. The Bertz CT molecular complexity index is 1040. The van der Waals surface area contributed by atoms with Crippen LogP contribution >= 0.6 is 35.0 Å². The summed E-state index contributed by atoms with van der Waals surface area (Å²) in [5, 5.41) is 10.8. The summed E-state index contributed by atoms with van der Waals surface area (Å²) in [4.78, 5) is 49.0. The number of carboxylic acids is 1. The van der Waals surface area contributed by atoms with Gasteiger partial charge < -0.3 is 10.4 Å². The van der Waals surface area contributed by atoms with Crippen LogP contribution in [0.3, 0.4) is 0 Å². The predicted octanol–water partition coefficient (Wildman–Crippen LogP) is 4.00. The van der Waals surface area contributed by atoms with E-state index in [2.05, 4.69) is 5.32 Å². The Hall–Kier alpha value is -2.81. The predicted molar refractivity (Wildman–Crippen MR) is 115 cm³/mol. The Morgan fingerprint density at radius 2 is 1.70 bits per heavy atom. The summed E-state index contributed by atoms with van der Waals surface area (Å²) in [5.74, 6) is -2.60. The zero-order valence-electron chi connectivity index (χ0n) is 15.2. The molecular formula is C20H14Cl2N2O5S. The van der Waals surface area contributed by atoms with Crippen molar-refractivity contribution in [3.63, 3.8) is 0 Å². The average Bonchev–Trinajstić information content (AvgIpc) is 2.95. The lowest BCUT2D eigenvalue weighted by Gasteiger charge is -2.17. The molecule has 10 heteroatoms. The van der Waals surface area contributed by atoms with Gasteiger partial charge in [0, 0.05) is 29.2 Å². The number of carboxylic acid groups (broad SMARTS) is 1. The minimum absolute atomic E-state index is 0.00349. The number of halogens is 2. The van der Waals surface area contributed by atoms with E-state index in [9.17, 15) is 19.2 Å². The number of aliphatic carboxylic acids is 1. The first-order valence-corrected chi connectivity index (χ1v) is 10.2. The Morgan fingerprint density at radius 1 is 1.07 bits per heavy atom. The molecule has 2 aromatic carbocycles. The Kier molecular flexibility index (Phi) is 6.81. The van der Waals surface area contributed by atoms with Crippen LogP contribution in [0.25, 0.3) is 0 Å². The van der Waals surface area contributed by atoms with Gasteiger partial charge in [0.1, 0.15) is 0 Å². The molecule has 0 bridgehead atoms. The fourth-order valence-electron chi connectivity index (χ4n) is 2.75. The van der Waals surface area contributed by atoms with Crippen LogP contribution in [0.1, 0.15) is 6.42 Å². The molecule has 0 aromatic heterocycles. The van der Waals surface area contributed by atoms with Crippen LogP contribution < -0.4 is 10.2 Å². The maximum absolute atomic E-state index is 12.8. The van der Waals surface area contributed by atoms with E-state index in [1.807, 2.05) is 0 Å². The molecule has 0 spiro atoms. The van der Waals surface area contributed by atoms with Crippen molar-refractivity contribution in [2.75, 3.05) is 10.2 Å². The quantitative estimate of drug-likeness (QED) is 0.494. The molecule has 1 heterocycles. The van der Waals surface area contributed by atoms with E-state index >= 15 is 0 Å². The van der Waals surface area contributed by atoms with Gasteiger partial charge in [0.25, 0.3) is 0 Å². The number of imide groups is 1. The molecule has 7 nitrogen and oxygen atoms in total. The van der Waals surface area contributed by atoms with Gasteiger partial charge in [0.2, 0.25) is 17.7 Å². The van der Waals surface area contributed by atoms with Gasteiger partial charge in [-0.3, -0.25) is 14.4 Å². The van der Waals surface area contributed by atoms with Gasteiger partial charge in [0.15, 0.2) is 0 Å². The highest BCUT2D eigenvalue weighted by molar-refractivity contribution is 8.00. The van der Waals surface area contributed by atoms with E-state index in [0.717, 1.165) is 17.1 Å². The molecular weight excluding hydrogens is 451 g/mol. The molecule has 2 aromatic rings. The second-order valence-electron chi connectivity index (χ2n) is 6.13. The third-order valence-corrected chi connectivity index (χ3v) is 5.85. The third kappa shape index (κ3) is 5.02. The van der Waals surface area contributed by atoms with Crippen molar-refractivity contribution in [2.24, 2.45) is 0 Å². The zero-order chi connectivity index (χ0) is 21.8. The number of hydrogen-bond donors (Lipinski definition) is 2. The van der Waals surface area contributed by atoms with Gasteiger partial charge in [-0.05, 0) is 36.4 Å². The van der Waals surface area contributed by atoms with Crippen molar-refractivity contribution in [2.45, 2.75) is 16.6 Å². The normalized spacial score (nSPS) is 16.3. The number of nitrogens with zero attached hydrogens (tertiary/aromatic N) is 1. The standard InChI is InChI=1S/C20H14Cl2N2O5S/c21-13-2-1-3-14(22)19(13)24-17(26)10-15(20(24)29)30-12-6-4-11(5-7-12)23-16(25)8-9-18(27)28/h1-9,15H,10H2,(H,23,25)(H,27,28)/b9-8+/t15-/m1/s1. The summed E-state index contributed by atoms with van der Waals surface area (Å²) in [7, 11) is 0. The second kappa shape index (κ2) is 9.34. The van der Waals surface area contributed by atoms with Crippen LogP contribution in [0.15, 0.2) is 59.5 Å². The number of rotatable bonds is 6. The van der Waals surface area contributed by atoms with Gasteiger partial charge in [-0.25, -0.2) is 9.69 Å². The van der Waals surface area contributed by atoms with Crippen LogP contribution in [0.5, 0.6) is 0 Å². The summed E-state index contributed by atoms with van der Waals surface area (Å²) < 4.78 is 0. The number of benzene rings is 2. The zero-order valence-corrected chi connectivity index (χ0v) is 17.5. The van der Waals surface area contributed by atoms with Crippen molar-refractivity contribution >= 4 is 70.0 Å². The van der Waals surface area contributed by atoms with Gasteiger partial charge in [0.05, 0.1) is 21.0 Å². The monoisotopic (exact) mass is 464 g/mol. The molecule has 2 N–H and O–H groups in total. The van der Waals surface area contributed by atoms with Gasteiger partial charge in [-0.15, -0.1) is 11.8 Å². The largest absolute Gasteiger partial charge is 0.478 e.